The third-order valence-corrected chi connectivity index (χ3v) is 3.28. The van der Waals surface area contributed by atoms with Gasteiger partial charge in [0.05, 0.1) is 11.6 Å². The molecule has 1 saturated carbocycles. The molecule has 0 aliphatic heterocycles. The Labute approximate surface area is 104 Å². The fraction of sp³-hybridized carbons (Fsp3) is 0.308. The molecule has 1 aliphatic carbocycles. The summed E-state index contributed by atoms with van der Waals surface area (Å²) in [5.41, 5.74) is 0.692. The molecular formula is C13H10ClNO2. The average molecular weight is 248 g/mol. The summed E-state index contributed by atoms with van der Waals surface area (Å²) in [6.45, 7) is 0. The standard InChI is InChI=1S/C13H10ClNO2/c14-9-4-1-3-8(7-15)12(9)13-10(16)5-2-6-11(13)17/h1,3-4,13H,2,5-6H2. The summed E-state index contributed by atoms with van der Waals surface area (Å²) in [5.74, 6) is -1.11. The second-order valence-electron chi connectivity index (χ2n) is 4.03. The number of Topliss-reactive ketones (excluding diaryl/α,β-unsaturated/α-hetero) is 2. The highest BCUT2D eigenvalue weighted by Gasteiger charge is 2.34. The first-order valence-electron chi connectivity index (χ1n) is 5.39. The lowest BCUT2D eigenvalue weighted by Crippen LogP contribution is -2.27. The fourth-order valence-corrected chi connectivity index (χ4v) is 2.44. The first-order chi connectivity index (χ1) is 8.15. The smallest absolute Gasteiger partial charge is 0.147 e. The monoisotopic (exact) mass is 247 g/mol. The number of hydrogen-bond donors (Lipinski definition) is 0. The number of benzene rings is 1. The van der Waals surface area contributed by atoms with Gasteiger partial charge in [-0.1, -0.05) is 17.7 Å². The molecule has 0 amide bonds. The molecular weight excluding hydrogens is 238 g/mol. The molecule has 0 spiro atoms. The molecule has 86 valence electrons. The minimum atomic E-state index is -0.841. The van der Waals surface area contributed by atoms with Gasteiger partial charge in [0.1, 0.15) is 17.5 Å². The molecule has 0 saturated heterocycles. The zero-order valence-corrected chi connectivity index (χ0v) is 9.83. The van der Waals surface area contributed by atoms with Crippen LogP contribution in [0.25, 0.3) is 0 Å². The van der Waals surface area contributed by atoms with Gasteiger partial charge < -0.3 is 0 Å². The van der Waals surface area contributed by atoms with E-state index in [9.17, 15) is 9.59 Å². The van der Waals surface area contributed by atoms with Crippen LogP contribution in [-0.2, 0) is 9.59 Å². The highest BCUT2D eigenvalue weighted by Crippen LogP contribution is 2.34. The number of halogens is 1. The summed E-state index contributed by atoms with van der Waals surface area (Å²) < 4.78 is 0. The van der Waals surface area contributed by atoms with Crippen molar-refractivity contribution in [1.82, 2.24) is 0 Å². The fourth-order valence-electron chi connectivity index (χ4n) is 2.15. The van der Waals surface area contributed by atoms with E-state index in [-0.39, 0.29) is 11.6 Å². The molecule has 1 aromatic carbocycles. The number of ketones is 2. The van der Waals surface area contributed by atoms with Crippen molar-refractivity contribution in [3.63, 3.8) is 0 Å². The average Bonchev–Trinajstić information content (AvgIpc) is 2.30. The molecule has 0 bridgehead atoms. The van der Waals surface area contributed by atoms with Crippen LogP contribution >= 0.6 is 11.6 Å². The van der Waals surface area contributed by atoms with Gasteiger partial charge in [0.2, 0.25) is 0 Å². The van der Waals surface area contributed by atoms with Gasteiger partial charge in [-0.15, -0.1) is 0 Å². The van der Waals surface area contributed by atoms with Crippen molar-refractivity contribution in [2.75, 3.05) is 0 Å². The topological polar surface area (TPSA) is 57.9 Å². The molecule has 0 N–H and O–H groups in total. The third-order valence-electron chi connectivity index (χ3n) is 2.95. The summed E-state index contributed by atoms with van der Waals surface area (Å²) in [5, 5.41) is 9.33. The maximum Gasteiger partial charge on any atom is 0.147 e. The van der Waals surface area contributed by atoms with Crippen LogP contribution in [0.15, 0.2) is 18.2 Å². The Morgan fingerprint density at radius 2 is 1.88 bits per heavy atom. The minimum Gasteiger partial charge on any atom is -0.299 e. The van der Waals surface area contributed by atoms with E-state index in [0.717, 1.165) is 0 Å². The van der Waals surface area contributed by atoms with Gasteiger partial charge in [-0.2, -0.15) is 5.26 Å². The number of rotatable bonds is 1. The normalized spacial score (nSPS) is 16.9. The molecule has 3 nitrogen and oxygen atoms in total. The van der Waals surface area contributed by atoms with E-state index in [2.05, 4.69) is 0 Å². The third kappa shape index (κ3) is 2.09. The van der Waals surface area contributed by atoms with Crippen LogP contribution in [0, 0.1) is 11.3 Å². The van der Waals surface area contributed by atoms with Crippen LogP contribution in [0.5, 0.6) is 0 Å². The first kappa shape index (κ1) is 11.8. The quantitative estimate of drug-likeness (QED) is 0.717. The van der Waals surface area contributed by atoms with Gasteiger partial charge in [-0.25, -0.2) is 0 Å². The van der Waals surface area contributed by atoms with E-state index in [1.54, 1.807) is 18.2 Å². The van der Waals surface area contributed by atoms with Crippen molar-refractivity contribution in [1.29, 1.82) is 5.26 Å². The van der Waals surface area contributed by atoms with Crippen molar-refractivity contribution in [3.8, 4) is 6.07 Å². The van der Waals surface area contributed by atoms with Crippen LogP contribution in [0.3, 0.4) is 0 Å². The number of nitrogens with zero attached hydrogens (tertiary/aromatic N) is 1. The molecule has 0 radical (unpaired) electrons. The molecule has 0 unspecified atom stereocenters. The maximum atomic E-state index is 11.8. The summed E-state index contributed by atoms with van der Waals surface area (Å²) in [7, 11) is 0. The zero-order valence-electron chi connectivity index (χ0n) is 9.07. The lowest BCUT2D eigenvalue weighted by Gasteiger charge is -2.21. The Balaban J connectivity index is 2.56. The number of carbonyl (C=O) groups excluding carboxylic acids is 2. The summed E-state index contributed by atoms with van der Waals surface area (Å²) in [6.07, 6.45) is 1.36. The zero-order chi connectivity index (χ0) is 12.4. The van der Waals surface area contributed by atoms with Crippen LogP contribution in [0.2, 0.25) is 5.02 Å². The van der Waals surface area contributed by atoms with Crippen molar-refractivity contribution in [2.45, 2.75) is 25.2 Å². The summed E-state index contributed by atoms with van der Waals surface area (Å²) >= 11 is 6.02. The van der Waals surface area contributed by atoms with E-state index in [4.69, 9.17) is 16.9 Å². The molecule has 17 heavy (non-hydrogen) atoms. The van der Waals surface area contributed by atoms with E-state index >= 15 is 0 Å². The first-order valence-corrected chi connectivity index (χ1v) is 5.77. The maximum absolute atomic E-state index is 11.8. The van der Waals surface area contributed by atoms with Gasteiger partial charge in [0, 0.05) is 23.4 Å². The Hall–Kier alpha value is -1.66. The van der Waals surface area contributed by atoms with Gasteiger partial charge in [0.15, 0.2) is 0 Å². The van der Waals surface area contributed by atoms with Crippen molar-refractivity contribution >= 4 is 23.2 Å². The summed E-state index contributed by atoms with van der Waals surface area (Å²) in [6, 6.07) is 6.81. The summed E-state index contributed by atoms with van der Waals surface area (Å²) in [4.78, 5) is 23.7. The molecule has 0 heterocycles. The van der Waals surface area contributed by atoms with E-state index in [0.29, 0.717) is 35.4 Å². The Kier molecular flexibility index (Phi) is 3.26. The molecule has 0 aromatic heterocycles. The van der Waals surface area contributed by atoms with Crippen LogP contribution in [0.1, 0.15) is 36.3 Å². The van der Waals surface area contributed by atoms with E-state index in [1.165, 1.54) is 0 Å². The van der Waals surface area contributed by atoms with Crippen LogP contribution < -0.4 is 0 Å². The largest absolute Gasteiger partial charge is 0.299 e. The highest BCUT2D eigenvalue weighted by molar-refractivity contribution is 6.32. The molecule has 0 atom stereocenters. The van der Waals surface area contributed by atoms with Crippen molar-refractivity contribution in [3.05, 3.63) is 34.3 Å². The second-order valence-corrected chi connectivity index (χ2v) is 4.44. The SMILES string of the molecule is N#Cc1cccc(Cl)c1C1C(=O)CCCC1=O. The minimum absolute atomic E-state index is 0.133. The number of carbonyl (C=O) groups is 2. The lowest BCUT2D eigenvalue weighted by molar-refractivity contribution is -0.131. The lowest BCUT2D eigenvalue weighted by atomic mass is 9.80. The Morgan fingerprint density at radius 1 is 1.24 bits per heavy atom. The van der Waals surface area contributed by atoms with Crippen LogP contribution in [0.4, 0.5) is 0 Å². The predicted octanol–water partition coefficient (Wildman–Crippen LogP) is 2.62. The molecule has 2 rings (SSSR count). The number of hydrogen-bond acceptors (Lipinski definition) is 3. The predicted molar refractivity (Wildman–Crippen MR) is 62.8 cm³/mol. The Bertz CT molecular complexity index is 515. The van der Waals surface area contributed by atoms with Gasteiger partial charge in [-0.05, 0) is 18.6 Å². The van der Waals surface area contributed by atoms with E-state index in [1.807, 2.05) is 6.07 Å². The number of nitriles is 1. The molecule has 1 fully saturated rings. The van der Waals surface area contributed by atoms with Gasteiger partial charge in [-0.3, -0.25) is 9.59 Å². The van der Waals surface area contributed by atoms with Crippen molar-refractivity contribution in [2.24, 2.45) is 0 Å². The highest BCUT2D eigenvalue weighted by atomic mass is 35.5. The molecule has 1 aliphatic rings. The second kappa shape index (κ2) is 4.68. The molecule has 4 heteroatoms. The van der Waals surface area contributed by atoms with Crippen LogP contribution in [-0.4, -0.2) is 11.6 Å². The van der Waals surface area contributed by atoms with Gasteiger partial charge in [0.25, 0.3) is 0 Å². The van der Waals surface area contributed by atoms with Crippen molar-refractivity contribution < 1.29 is 9.59 Å². The van der Waals surface area contributed by atoms with E-state index < -0.39 is 5.92 Å². The molecule has 1 aromatic rings. The Morgan fingerprint density at radius 3 is 2.47 bits per heavy atom. The van der Waals surface area contributed by atoms with Gasteiger partial charge >= 0.3 is 0 Å².